The van der Waals surface area contributed by atoms with Gasteiger partial charge in [0.1, 0.15) is 0 Å². The van der Waals surface area contributed by atoms with Gasteiger partial charge in [0.05, 0.1) is 6.04 Å². The first-order chi connectivity index (χ1) is 13.3. The highest BCUT2D eigenvalue weighted by atomic mass is 35.5. The van der Waals surface area contributed by atoms with Gasteiger partial charge in [-0.15, -0.1) is 0 Å². The first-order valence-electron chi connectivity index (χ1n) is 9.09. The third-order valence-corrected chi connectivity index (χ3v) is 5.12. The molecule has 1 amide bonds. The van der Waals surface area contributed by atoms with Crippen molar-refractivity contribution in [3.8, 4) is 11.3 Å². The molecule has 28 heavy (non-hydrogen) atoms. The summed E-state index contributed by atoms with van der Waals surface area (Å²) in [6.45, 7) is 4.54. The number of hydrogen-bond acceptors (Lipinski definition) is 4. The van der Waals surface area contributed by atoms with Crippen molar-refractivity contribution in [2.45, 2.75) is 19.9 Å². The molecule has 6 heteroatoms. The molecule has 0 unspecified atom stereocenters. The maximum Gasteiger partial charge on any atom is 0.273 e. The van der Waals surface area contributed by atoms with Gasteiger partial charge >= 0.3 is 0 Å². The van der Waals surface area contributed by atoms with Gasteiger partial charge in [-0.3, -0.25) is 4.79 Å². The van der Waals surface area contributed by atoms with Gasteiger partial charge in [-0.05, 0) is 62.8 Å². The molecule has 0 spiro atoms. The van der Waals surface area contributed by atoms with Gasteiger partial charge in [0.25, 0.3) is 5.91 Å². The van der Waals surface area contributed by atoms with E-state index in [9.17, 15) is 4.79 Å². The zero-order valence-electron chi connectivity index (χ0n) is 16.5. The van der Waals surface area contributed by atoms with Crippen molar-refractivity contribution in [3.05, 3.63) is 75.9 Å². The lowest BCUT2D eigenvalue weighted by Crippen LogP contribution is -2.34. The molecule has 5 nitrogen and oxygen atoms in total. The molecule has 0 saturated carbocycles. The highest BCUT2D eigenvalue weighted by molar-refractivity contribution is 6.30. The Morgan fingerprint density at radius 1 is 1.11 bits per heavy atom. The van der Waals surface area contributed by atoms with Crippen LogP contribution in [0.15, 0.2) is 53.1 Å². The Bertz CT molecular complexity index is 964. The van der Waals surface area contributed by atoms with Gasteiger partial charge in [-0.1, -0.05) is 41.0 Å². The molecule has 1 aromatic heterocycles. The molecule has 0 bridgehead atoms. The standard InChI is InChI=1S/C22H24ClN3O2/c1-14-5-6-17(11-15(14)2)21-12-19(25-28-21)22(27)24-13-20(26(3)4)16-7-9-18(23)10-8-16/h5-12,20H,13H2,1-4H3,(H,24,27)/t20-/m1/s1. The molecule has 3 aromatic rings. The van der Waals surface area contributed by atoms with Crippen molar-refractivity contribution in [1.82, 2.24) is 15.4 Å². The molecule has 3 rings (SSSR count). The van der Waals surface area contributed by atoms with Crippen LogP contribution >= 0.6 is 11.6 Å². The van der Waals surface area contributed by atoms with Gasteiger partial charge in [-0.2, -0.15) is 0 Å². The van der Waals surface area contributed by atoms with Crippen LogP contribution in [0, 0.1) is 13.8 Å². The molecule has 0 aliphatic rings. The number of aryl methyl sites for hydroxylation is 2. The fourth-order valence-electron chi connectivity index (χ4n) is 2.98. The van der Waals surface area contributed by atoms with E-state index in [-0.39, 0.29) is 17.6 Å². The van der Waals surface area contributed by atoms with Crippen molar-refractivity contribution >= 4 is 17.5 Å². The summed E-state index contributed by atoms with van der Waals surface area (Å²) in [5.41, 5.74) is 4.62. The molecule has 2 aromatic carbocycles. The van der Waals surface area contributed by atoms with Crippen LogP contribution in [0.1, 0.15) is 33.2 Å². The predicted octanol–water partition coefficient (Wildman–Crippen LogP) is 4.64. The average Bonchev–Trinajstić information content (AvgIpc) is 3.15. The monoisotopic (exact) mass is 397 g/mol. The molecule has 0 radical (unpaired) electrons. The van der Waals surface area contributed by atoms with Gasteiger partial charge in [0.2, 0.25) is 0 Å². The van der Waals surface area contributed by atoms with E-state index in [1.54, 1.807) is 6.07 Å². The Morgan fingerprint density at radius 3 is 2.46 bits per heavy atom. The van der Waals surface area contributed by atoms with E-state index in [1.807, 2.05) is 68.4 Å². The molecule has 1 atom stereocenters. The van der Waals surface area contributed by atoms with Crippen molar-refractivity contribution in [3.63, 3.8) is 0 Å². The van der Waals surface area contributed by atoms with Crippen LogP contribution in [0.4, 0.5) is 0 Å². The maximum absolute atomic E-state index is 12.5. The summed E-state index contributed by atoms with van der Waals surface area (Å²) in [6, 6.07) is 15.3. The minimum atomic E-state index is -0.264. The second-order valence-corrected chi connectivity index (χ2v) is 7.55. The van der Waals surface area contributed by atoms with Gasteiger partial charge in [0, 0.05) is 23.2 Å². The highest BCUT2D eigenvalue weighted by Gasteiger charge is 2.18. The van der Waals surface area contributed by atoms with Crippen LogP contribution in [0.3, 0.4) is 0 Å². The Kier molecular flexibility index (Phi) is 6.17. The Labute approximate surface area is 170 Å². The number of amides is 1. The number of benzene rings is 2. The third kappa shape index (κ3) is 4.61. The fraction of sp³-hybridized carbons (Fsp3) is 0.273. The third-order valence-electron chi connectivity index (χ3n) is 4.87. The second-order valence-electron chi connectivity index (χ2n) is 7.12. The van der Waals surface area contributed by atoms with Gasteiger partial charge in [-0.25, -0.2) is 0 Å². The number of rotatable bonds is 6. The highest BCUT2D eigenvalue weighted by Crippen LogP contribution is 2.23. The van der Waals surface area contributed by atoms with Crippen LogP contribution in [-0.2, 0) is 0 Å². The normalized spacial score (nSPS) is 12.2. The molecule has 0 fully saturated rings. The Balaban J connectivity index is 1.69. The number of carbonyl (C=O) groups excluding carboxylic acids is 1. The fourth-order valence-corrected chi connectivity index (χ4v) is 3.10. The lowest BCUT2D eigenvalue weighted by atomic mass is 10.0. The van der Waals surface area contributed by atoms with Crippen LogP contribution in [-0.4, -0.2) is 36.6 Å². The van der Waals surface area contributed by atoms with Crippen LogP contribution in [0.2, 0.25) is 5.02 Å². The quantitative estimate of drug-likeness (QED) is 0.658. The van der Waals surface area contributed by atoms with Gasteiger partial charge in [0.15, 0.2) is 11.5 Å². The summed E-state index contributed by atoms with van der Waals surface area (Å²) in [4.78, 5) is 14.6. The van der Waals surface area contributed by atoms with Crippen molar-refractivity contribution in [2.75, 3.05) is 20.6 Å². The van der Waals surface area contributed by atoms with Crippen LogP contribution < -0.4 is 5.32 Å². The van der Waals surface area contributed by atoms with Crippen LogP contribution in [0.5, 0.6) is 0 Å². The van der Waals surface area contributed by atoms with E-state index in [0.717, 1.165) is 16.7 Å². The Hall–Kier alpha value is -2.63. The van der Waals surface area contributed by atoms with Crippen LogP contribution in [0.25, 0.3) is 11.3 Å². The molecular weight excluding hydrogens is 374 g/mol. The van der Waals surface area contributed by atoms with Crippen molar-refractivity contribution in [2.24, 2.45) is 0 Å². The minimum absolute atomic E-state index is 0.0207. The number of aromatic nitrogens is 1. The summed E-state index contributed by atoms with van der Waals surface area (Å²) in [7, 11) is 3.94. The molecule has 0 aliphatic heterocycles. The molecule has 146 valence electrons. The zero-order valence-corrected chi connectivity index (χ0v) is 17.2. The number of carbonyl (C=O) groups is 1. The largest absolute Gasteiger partial charge is 0.355 e. The summed E-state index contributed by atoms with van der Waals surface area (Å²) in [5.74, 6) is 0.315. The van der Waals surface area contributed by atoms with E-state index in [1.165, 1.54) is 5.56 Å². The number of hydrogen-bond donors (Lipinski definition) is 1. The molecule has 1 heterocycles. The number of likely N-dealkylation sites (N-methyl/N-ethyl adjacent to an activating group) is 1. The lowest BCUT2D eigenvalue weighted by molar-refractivity contribution is 0.0933. The van der Waals surface area contributed by atoms with E-state index in [4.69, 9.17) is 16.1 Å². The van der Waals surface area contributed by atoms with E-state index < -0.39 is 0 Å². The summed E-state index contributed by atoms with van der Waals surface area (Å²) < 4.78 is 5.38. The first kappa shape index (κ1) is 20.1. The van der Waals surface area contributed by atoms with E-state index >= 15 is 0 Å². The molecular formula is C22H24ClN3O2. The zero-order chi connectivity index (χ0) is 20.3. The smallest absolute Gasteiger partial charge is 0.273 e. The number of nitrogens with one attached hydrogen (secondary N) is 1. The molecule has 0 aliphatic carbocycles. The first-order valence-corrected chi connectivity index (χ1v) is 9.47. The number of nitrogens with zero attached hydrogens (tertiary/aromatic N) is 2. The van der Waals surface area contributed by atoms with E-state index in [2.05, 4.69) is 17.4 Å². The lowest BCUT2D eigenvalue weighted by Gasteiger charge is -2.25. The van der Waals surface area contributed by atoms with Crippen molar-refractivity contribution < 1.29 is 9.32 Å². The minimum Gasteiger partial charge on any atom is -0.355 e. The second kappa shape index (κ2) is 8.59. The average molecular weight is 398 g/mol. The van der Waals surface area contributed by atoms with E-state index in [0.29, 0.717) is 17.3 Å². The number of halogens is 1. The summed E-state index contributed by atoms with van der Waals surface area (Å²) >= 11 is 5.97. The maximum atomic E-state index is 12.5. The topological polar surface area (TPSA) is 58.4 Å². The summed E-state index contributed by atoms with van der Waals surface area (Å²) in [5, 5.41) is 7.56. The van der Waals surface area contributed by atoms with Crippen molar-refractivity contribution in [1.29, 1.82) is 0 Å². The SMILES string of the molecule is Cc1ccc(-c2cc(C(=O)NC[C@H](c3ccc(Cl)cc3)N(C)C)no2)cc1C. The summed E-state index contributed by atoms with van der Waals surface area (Å²) in [6.07, 6.45) is 0. The Morgan fingerprint density at radius 2 is 1.82 bits per heavy atom. The molecule has 1 N–H and O–H groups in total. The van der Waals surface area contributed by atoms with Gasteiger partial charge < -0.3 is 14.7 Å². The predicted molar refractivity (Wildman–Crippen MR) is 112 cm³/mol. The molecule has 0 saturated heterocycles.